The molecule has 1 atom stereocenters. The van der Waals surface area contributed by atoms with Crippen molar-refractivity contribution in [1.29, 1.82) is 5.26 Å². The molecule has 1 unspecified atom stereocenters. The van der Waals surface area contributed by atoms with Crippen LogP contribution in [0, 0.1) is 17.2 Å². The number of nitrogens with one attached hydrogen (secondary N) is 2. The van der Waals surface area contributed by atoms with Gasteiger partial charge in [-0.15, -0.1) is 0 Å². The molecule has 0 aliphatic rings. The van der Waals surface area contributed by atoms with Gasteiger partial charge in [0.2, 0.25) is 0 Å². The van der Waals surface area contributed by atoms with Crippen LogP contribution in [-0.4, -0.2) is 20.1 Å². The Bertz CT molecular complexity index is 598. The zero-order valence-electron chi connectivity index (χ0n) is 11.4. The first kappa shape index (κ1) is 13.4. The summed E-state index contributed by atoms with van der Waals surface area (Å²) >= 11 is 0. The molecule has 0 fully saturated rings. The first-order chi connectivity index (χ1) is 9.26. The van der Waals surface area contributed by atoms with Gasteiger partial charge >= 0.3 is 0 Å². The molecule has 0 aromatic heterocycles. The molecule has 98 valence electrons. The third kappa shape index (κ3) is 3.04. The molecular formula is C16H19N3. The summed E-state index contributed by atoms with van der Waals surface area (Å²) in [5.41, 5.74) is 1.82. The van der Waals surface area contributed by atoms with Crippen molar-refractivity contribution in [3.63, 3.8) is 0 Å². The predicted molar refractivity (Wildman–Crippen MR) is 80.2 cm³/mol. The topological polar surface area (TPSA) is 47.8 Å². The average molecular weight is 253 g/mol. The molecule has 3 nitrogen and oxygen atoms in total. The number of nitrogens with zero attached hydrogens (tertiary/aromatic N) is 1. The van der Waals surface area contributed by atoms with E-state index >= 15 is 0 Å². The summed E-state index contributed by atoms with van der Waals surface area (Å²) in [6.45, 7) is 4.10. The van der Waals surface area contributed by atoms with Crippen LogP contribution in [0.3, 0.4) is 0 Å². The standard InChI is InChI=1S/C16H19N3/c1-12(10-18-2)11-19-16-8-7-13(9-17)14-5-3-4-6-15(14)16/h3-8,12,18-19H,10-11H2,1-2H3. The summed E-state index contributed by atoms with van der Waals surface area (Å²) in [6.07, 6.45) is 0. The number of anilines is 1. The van der Waals surface area contributed by atoms with E-state index in [9.17, 15) is 0 Å². The minimum absolute atomic E-state index is 0.555. The van der Waals surface area contributed by atoms with E-state index in [4.69, 9.17) is 5.26 Å². The third-order valence-corrected chi connectivity index (χ3v) is 3.24. The van der Waals surface area contributed by atoms with Crippen LogP contribution in [-0.2, 0) is 0 Å². The zero-order chi connectivity index (χ0) is 13.7. The van der Waals surface area contributed by atoms with E-state index in [-0.39, 0.29) is 0 Å². The van der Waals surface area contributed by atoms with Crippen molar-refractivity contribution >= 4 is 16.5 Å². The number of fused-ring (bicyclic) bond motifs is 1. The SMILES string of the molecule is CNCC(C)CNc1ccc(C#N)c2ccccc12. The van der Waals surface area contributed by atoms with Crippen LogP contribution < -0.4 is 10.6 Å². The number of hydrogen-bond acceptors (Lipinski definition) is 3. The molecule has 0 aliphatic heterocycles. The Hall–Kier alpha value is -2.05. The van der Waals surface area contributed by atoms with Crippen LogP contribution >= 0.6 is 0 Å². The Morgan fingerprint density at radius 1 is 1.11 bits per heavy atom. The molecule has 2 rings (SSSR count). The molecule has 19 heavy (non-hydrogen) atoms. The van der Waals surface area contributed by atoms with Gasteiger partial charge in [0.1, 0.15) is 0 Å². The molecule has 0 aliphatic carbocycles. The average Bonchev–Trinajstić information content (AvgIpc) is 2.45. The van der Waals surface area contributed by atoms with Gasteiger partial charge in [0.25, 0.3) is 0 Å². The lowest BCUT2D eigenvalue weighted by Crippen LogP contribution is -2.22. The lowest BCUT2D eigenvalue weighted by Gasteiger charge is -2.15. The molecule has 0 heterocycles. The van der Waals surface area contributed by atoms with Crippen LogP contribution in [0.25, 0.3) is 10.8 Å². The van der Waals surface area contributed by atoms with Crippen molar-refractivity contribution in [3.8, 4) is 6.07 Å². The molecule has 0 bridgehead atoms. The summed E-state index contributed by atoms with van der Waals surface area (Å²) in [5, 5.41) is 17.9. The number of benzene rings is 2. The van der Waals surface area contributed by atoms with Crippen molar-refractivity contribution in [1.82, 2.24) is 5.32 Å². The minimum atomic E-state index is 0.555. The van der Waals surface area contributed by atoms with E-state index in [1.807, 2.05) is 37.4 Å². The second kappa shape index (κ2) is 6.21. The fourth-order valence-corrected chi connectivity index (χ4v) is 2.26. The summed E-state index contributed by atoms with van der Waals surface area (Å²) in [7, 11) is 1.97. The molecule has 2 N–H and O–H groups in total. The van der Waals surface area contributed by atoms with Gasteiger partial charge < -0.3 is 10.6 Å². The molecule has 2 aromatic rings. The lowest BCUT2D eigenvalue weighted by atomic mass is 10.0. The van der Waals surface area contributed by atoms with E-state index in [2.05, 4.69) is 29.7 Å². The summed E-state index contributed by atoms with van der Waals surface area (Å²) in [4.78, 5) is 0. The van der Waals surface area contributed by atoms with Crippen molar-refractivity contribution < 1.29 is 0 Å². The highest BCUT2D eigenvalue weighted by Crippen LogP contribution is 2.26. The largest absolute Gasteiger partial charge is 0.384 e. The summed E-state index contributed by atoms with van der Waals surface area (Å²) < 4.78 is 0. The monoisotopic (exact) mass is 253 g/mol. The fraction of sp³-hybridized carbons (Fsp3) is 0.312. The van der Waals surface area contributed by atoms with Gasteiger partial charge in [-0.3, -0.25) is 0 Å². The van der Waals surface area contributed by atoms with Gasteiger partial charge in [0, 0.05) is 23.0 Å². The smallest absolute Gasteiger partial charge is 0.0998 e. The van der Waals surface area contributed by atoms with Crippen LogP contribution in [0.1, 0.15) is 12.5 Å². The van der Waals surface area contributed by atoms with Gasteiger partial charge in [0.15, 0.2) is 0 Å². The van der Waals surface area contributed by atoms with Gasteiger partial charge in [-0.05, 0) is 31.6 Å². The zero-order valence-corrected chi connectivity index (χ0v) is 11.4. The second-order valence-corrected chi connectivity index (χ2v) is 4.86. The molecule has 3 heteroatoms. The second-order valence-electron chi connectivity index (χ2n) is 4.86. The predicted octanol–water partition coefficient (Wildman–Crippen LogP) is 2.98. The van der Waals surface area contributed by atoms with E-state index in [0.29, 0.717) is 5.92 Å². The highest BCUT2D eigenvalue weighted by atomic mass is 14.9. The maximum absolute atomic E-state index is 9.14. The van der Waals surface area contributed by atoms with Crippen molar-refractivity contribution in [2.45, 2.75) is 6.92 Å². The number of hydrogen-bond donors (Lipinski definition) is 2. The van der Waals surface area contributed by atoms with Gasteiger partial charge in [-0.25, -0.2) is 0 Å². The van der Waals surface area contributed by atoms with E-state index in [1.54, 1.807) is 0 Å². The van der Waals surface area contributed by atoms with Gasteiger partial charge in [0.05, 0.1) is 11.6 Å². The van der Waals surface area contributed by atoms with Gasteiger partial charge in [-0.1, -0.05) is 31.2 Å². The Kier molecular flexibility index (Phi) is 4.38. The van der Waals surface area contributed by atoms with Crippen LogP contribution in [0.4, 0.5) is 5.69 Å². The van der Waals surface area contributed by atoms with Crippen LogP contribution in [0.2, 0.25) is 0 Å². The first-order valence-electron chi connectivity index (χ1n) is 6.56. The normalized spacial score (nSPS) is 12.1. The Morgan fingerprint density at radius 2 is 1.84 bits per heavy atom. The van der Waals surface area contributed by atoms with E-state index in [1.165, 1.54) is 0 Å². The Morgan fingerprint density at radius 3 is 2.53 bits per heavy atom. The number of rotatable bonds is 5. The van der Waals surface area contributed by atoms with Crippen molar-refractivity contribution in [2.24, 2.45) is 5.92 Å². The van der Waals surface area contributed by atoms with Crippen LogP contribution in [0.15, 0.2) is 36.4 Å². The first-order valence-corrected chi connectivity index (χ1v) is 6.56. The molecular weight excluding hydrogens is 234 g/mol. The highest BCUT2D eigenvalue weighted by Gasteiger charge is 2.06. The fourth-order valence-electron chi connectivity index (χ4n) is 2.26. The molecule has 0 saturated carbocycles. The van der Waals surface area contributed by atoms with Crippen molar-refractivity contribution in [3.05, 3.63) is 42.0 Å². The molecule has 0 radical (unpaired) electrons. The summed E-state index contributed by atoms with van der Waals surface area (Å²) in [5.74, 6) is 0.555. The third-order valence-electron chi connectivity index (χ3n) is 3.24. The van der Waals surface area contributed by atoms with E-state index in [0.717, 1.165) is 35.1 Å². The maximum Gasteiger partial charge on any atom is 0.0998 e. The molecule has 0 spiro atoms. The lowest BCUT2D eigenvalue weighted by molar-refractivity contribution is 0.570. The minimum Gasteiger partial charge on any atom is -0.384 e. The Balaban J connectivity index is 2.27. The molecule has 0 amide bonds. The number of nitriles is 1. The van der Waals surface area contributed by atoms with Crippen molar-refractivity contribution in [2.75, 3.05) is 25.5 Å². The quantitative estimate of drug-likeness (QED) is 0.861. The Labute approximate surface area is 114 Å². The molecule has 2 aromatic carbocycles. The maximum atomic E-state index is 9.14. The van der Waals surface area contributed by atoms with E-state index < -0.39 is 0 Å². The van der Waals surface area contributed by atoms with Gasteiger partial charge in [-0.2, -0.15) is 5.26 Å². The molecule has 0 saturated heterocycles. The highest BCUT2D eigenvalue weighted by molar-refractivity contribution is 5.97. The van der Waals surface area contributed by atoms with Crippen LogP contribution in [0.5, 0.6) is 0 Å². The summed E-state index contributed by atoms with van der Waals surface area (Å²) in [6, 6.07) is 14.1.